The SMILES string of the molecule is Cc1ccc2c(c1)CC(CC1CCCN1)C2. The predicted molar refractivity (Wildman–Crippen MR) is 67.7 cm³/mol. The molecule has 2 unspecified atom stereocenters. The van der Waals surface area contributed by atoms with Crippen molar-refractivity contribution < 1.29 is 0 Å². The monoisotopic (exact) mass is 215 g/mol. The van der Waals surface area contributed by atoms with E-state index in [1.807, 2.05) is 0 Å². The highest BCUT2D eigenvalue weighted by atomic mass is 14.9. The minimum absolute atomic E-state index is 0.806. The standard InChI is InChI=1S/C15H21N/c1-11-4-5-13-8-12(9-14(13)7-11)10-15-3-2-6-16-15/h4-5,7,12,15-16H,2-3,6,8-10H2,1H3. The Morgan fingerprint density at radius 3 is 2.94 bits per heavy atom. The van der Waals surface area contributed by atoms with Crippen molar-refractivity contribution >= 4 is 0 Å². The second-order valence-electron chi connectivity index (χ2n) is 5.58. The fourth-order valence-electron chi connectivity index (χ4n) is 3.36. The lowest BCUT2D eigenvalue weighted by Crippen LogP contribution is -2.24. The van der Waals surface area contributed by atoms with Gasteiger partial charge in [0.15, 0.2) is 0 Å². The van der Waals surface area contributed by atoms with Gasteiger partial charge in [-0.05, 0) is 62.6 Å². The summed E-state index contributed by atoms with van der Waals surface area (Å²) in [5, 5.41) is 3.62. The maximum atomic E-state index is 3.62. The van der Waals surface area contributed by atoms with Gasteiger partial charge in [-0.2, -0.15) is 0 Å². The second kappa shape index (κ2) is 4.21. The van der Waals surface area contributed by atoms with Crippen LogP contribution in [-0.4, -0.2) is 12.6 Å². The number of aryl methyl sites for hydroxylation is 1. The van der Waals surface area contributed by atoms with E-state index in [1.165, 1.54) is 44.2 Å². The lowest BCUT2D eigenvalue weighted by atomic mass is 9.96. The van der Waals surface area contributed by atoms with Crippen LogP contribution in [0.5, 0.6) is 0 Å². The fraction of sp³-hybridized carbons (Fsp3) is 0.600. The molecule has 1 fully saturated rings. The Balaban J connectivity index is 1.65. The first-order valence-corrected chi connectivity index (χ1v) is 6.63. The van der Waals surface area contributed by atoms with Gasteiger partial charge in [-0.25, -0.2) is 0 Å². The highest BCUT2D eigenvalue weighted by Crippen LogP contribution is 2.31. The molecule has 1 aliphatic carbocycles. The van der Waals surface area contributed by atoms with Crippen molar-refractivity contribution in [1.29, 1.82) is 0 Å². The summed E-state index contributed by atoms with van der Waals surface area (Å²) in [5.74, 6) is 0.896. The molecular formula is C15H21N. The molecule has 0 bridgehead atoms. The van der Waals surface area contributed by atoms with Gasteiger partial charge in [0.25, 0.3) is 0 Å². The molecule has 0 spiro atoms. The Kier molecular flexibility index (Phi) is 2.72. The third-order valence-electron chi connectivity index (χ3n) is 4.16. The van der Waals surface area contributed by atoms with E-state index in [0.29, 0.717) is 0 Å². The summed E-state index contributed by atoms with van der Waals surface area (Å²) in [7, 11) is 0. The van der Waals surface area contributed by atoms with Crippen LogP contribution in [0.2, 0.25) is 0 Å². The van der Waals surface area contributed by atoms with Gasteiger partial charge in [0.2, 0.25) is 0 Å². The van der Waals surface area contributed by atoms with Crippen molar-refractivity contribution in [3.05, 3.63) is 34.9 Å². The molecule has 0 aromatic heterocycles. The highest BCUT2D eigenvalue weighted by molar-refractivity contribution is 5.35. The van der Waals surface area contributed by atoms with Crippen LogP contribution in [-0.2, 0) is 12.8 Å². The van der Waals surface area contributed by atoms with Crippen LogP contribution < -0.4 is 5.32 Å². The third-order valence-corrected chi connectivity index (χ3v) is 4.16. The van der Waals surface area contributed by atoms with E-state index >= 15 is 0 Å². The zero-order valence-electron chi connectivity index (χ0n) is 10.1. The maximum Gasteiger partial charge on any atom is 0.00704 e. The quantitative estimate of drug-likeness (QED) is 0.800. The predicted octanol–water partition coefficient (Wildman–Crippen LogP) is 2.85. The summed E-state index contributed by atoms with van der Waals surface area (Å²) >= 11 is 0. The zero-order valence-corrected chi connectivity index (χ0v) is 10.1. The summed E-state index contributed by atoms with van der Waals surface area (Å²) in [6.07, 6.45) is 6.78. The van der Waals surface area contributed by atoms with Crippen molar-refractivity contribution in [2.45, 2.75) is 45.1 Å². The second-order valence-corrected chi connectivity index (χ2v) is 5.58. The first-order valence-electron chi connectivity index (χ1n) is 6.63. The van der Waals surface area contributed by atoms with Gasteiger partial charge in [-0.15, -0.1) is 0 Å². The zero-order chi connectivity index (χ0) is 11.0. The van der Waals surface area contributed by atoms with Crippen molar-refractivity contribution in [2.24, 2.45) is 5.92 Å². The molecule has 3 rings (SSSR count). The molecule has 16 heavy (non-hydrogen) atoms. The molecular weight excluding hydrogens is 194 g/mol. The Hall–Kier alpha value is -0.820. The minimum atomic E-state index is 0.806. The van der Waals surface area contributed by atoms with E-state index < -0.39 is 0 Å². The summed E-state index contributed by atoms with van der Waals surface area (Å²) in [6.45, 7) is 3.44. The van der Waals surface area contributed by atoms with E-state index in [-0.39, 0.29) is 0 Å². The minimum Gasteiger partial charge on any atom is -0.314 e. The van der Waals surface area contributed by atoms with Crippen molar-refractivity contribution in [3.63, 3.8) is 0 Å². The summed E-state index contributed by atoms with van der Waals surface area (Å²) in [4.78, 5) is 0. The van der Waals surface area contributed by atoms with Crippen LogP contribution >= 0.6 is 0 Å². The summed E-state index contributed by atoms with van der Waals surface area (Å²) < 4.78 is 0. The molecule has 1 aliphatic heterocycles. The number of benzene rings is 1. The molecule has 1 heterocycles. The lowest BCUT2D eigenvalue weighted by Gasteiger charge is -2.15. The fourth-order valence-corrected chi connectivity index (χ4v) is 3.36. The van der Waals surface area contributed by atoms with Gasteiger partial charge in [0, 0.05) is 6.04 Å². The van der Waals surface area contributed by atoms with Crippen LogP contribution in [0.3, 0.4) is 0 Å². The summed E-state index contributed by atoms with van der Waals surface area (Å²) in [6, 6.07) is 7.79. The lowest BCUT2D eigenvalue weighted by molar-refractivity contribution is 0.425. The maximum absolute atomic E-state index is 3.62. The number of hydrogen-bond donors (Lipinski definition) is 1. The van der Waals surface area contributed by atoms with E-state index in [4.69, 9.17) is 0 Å². The van der Waals surface area contributed by atoms with Gasteiger partial charge in [-0.3, -0.25) is 0 Å². The van der Waals surface area contributed by atoms with Crippen molar-refractivity contribution in [2.75, 3.05) is 6.54 Å². The van der Waals surface area contributed by atoms with Crippen molar-refractivity contribution in [1.82, 2.24) is 5.32 Å². The average Bonchev–Trinajstić information content (AvgIpc) is 2.86. The van der Waals surface area contributed by atoms with E-state index in [0.717, 1.165) is 12.0 Å². The molecule has 1 saturated heterocycles. The normalized spacial score (nSPS) is 28.3. The van der Waals surface area contributed by atoms with E-state index in [2.05, 4.69) is 30.4 Å². The van der Waals surface area contributed by atoms with E-state index in [9.17, 15) is 0 Å². The van der Waals surface area contributed by atoms with Gasteiger partial charge in [-0.1, -0.05) is 23.8 Å². The molecule has 0 amide bonds. The van der Waals surface area contributed by atoms with Crippen LogP contribution in [0.25, 0.3) is 0 Å². The molecule has 1 aromatic rings. The van der Waals surface area contributed by atoms with Gasteiger partial charge in [0.1, 0.15) is 0 Å². The smallest absolute Gasteiger partial charge is 0.00704 e. The Morgan fingerprint density at radius 2 is 2.12 bits per heavy atom. The first kappa shape index (κ1) is 10.3. The molecule has 1 heteroatoms. The van der Waals surface area contributed by atoms with Crippen LogP contribution in [0.4, 0.5) is 0 Å². The third kappa shape index (κ3) is 2.01. The van der Waals surface area contributed by atoms with Gasteiger partial charge >= 0.3 is 0 Å². The molecule has 0 saturated carbocycles. The number of nitrogens with one attached hydrogen (secondary N) is 1. The average molecular weight is 215 g/mol. The first-order chi connectivity index (χ1) is 7.81. The van der Waals surface area contributed by atoms with E-state index in [1.54, 1.807) is 11.1 Å². The Morgan fingerprint density at radius 1 is 1.25 bits per heavy atom. The number of rotatable bonds is 2. The van der Waals surface area contributed by atoms with Gasteiger partial charge in [0.05, 0.1) is 0 Å². The Labute approximate surface area is 98.3 Å². The molecule has 1 N–H and O–H groups in total. The highest BCUT2D eigenvalue weighted by Gasteiger charge is 2.25. The topological polar surface area (TPSA) is 12.0 Å². The largest absolute Gasteiger partial charge is 0.314 e. The molecule has 2 aliphatic rings. The molecule has 2 atom stereocenters. The summed E-state index contributed by atoms with van der Waals surface area (Å²) in [5.41, 5.74) is 4.63. The van der Waals surface area contributed by atoms with Crippen LogP contribution in [0.1, 0.15) is 36.0 Å². The van der Waals surface area contributed by atoms with Gasteiger partial charge < -0.3 is 5.32 Å². The number of fused-ring (bicyclic) bond motifs is 1. The number of hydrogen-bond acceptors (Lipinski definition) is 1. The molecule has 1 aromatic carbocycles. The van der Waals surface area contributed by atoms with Crippen LogP contribution in [0.15, 0.2) is 18.2 Å². The Bertz CT molecular complexity index is 377. The molecule has 1 nitrogen and oxygen atoms in total. The van der Waals surface area contributed by atoms with Crippen LogP contribution in [0, 0.1) is 12.8 Å². The molecule has 0 radical (unpaired) electrons. The van der Waals surface area contributed by atoms with Crippen molar-refractivity contribution in [3.8, 4) is 0 Å². The molecule has 86 valence electrons.